The summed E-state index contributed by atoms with van der Waals surface area (Å²) in [6.45, 7) is -0.233. The molecule has 0 fully saturated rings. The van der Waals surface area contributed by atoms with E-state index in [1.165, 1.54) is 12.3 Å². The molecule has 0 bridgehead atoms. The van der Waals surface area contributed by atoms with Crippen LogP contribution in [0.25, 0.3) is 0 Å². The Bertz CT molecular complexity index is 753. The highest BCUT2D eigenvalue weighted by Crippen LogP contribution is 2.27. The molecule has 0 spiro atoms. The second-order valence-electron chi connectivity index (χ2n) is 4.36. The van der Waals surface area contributed by atoms with Crippen molar-refractivity contribution in [3.8, 4) is 11.5 Å². The smallest absolute Gasteiger partial charge is 0.277 e. The Morgan fingerprint density at radius 2 is 1.96 bits per heavy atom. The van der Waals surface area contributed by atoms with Crippen molar-refractivity contribution in [1.29, 1.82) is 0 Å². The fourth-order valence-corrected chi connectivity index (χ4v) is 2.68. The average Bonchev–Trinajstić information content (AvgIpc) is 2.50. The molecule has 0 aliphatic rings. The third-order valence-electron chi connectivity index (χ3n) is 2.64. The number of rotatable bonds is 5. The molecule has 0 aliphatic carbocycles. The lowest BCUT2D eigenvalue weighted by atomic mass is 10.2. The van der Waals surface area contributed by atoms with Gasteiger partial charge in [0.15, 0.2) is 6.61 Å². The maximum Gasteiger partial charge on any atom is 0.277 e. The van der Waals surface area contributed by atoms with Gasteiger partial charge in [-0.1, -0.05) is 43.5 Å². The highest BCUT2D eigenvalue weighted by atomic mass is 79.9. The van der Waals surface area contributed by atoms with Crippen molar-refractivity contribution in [2.45, 2.75) is 0 Å². The van der Waals surface area contributed by atoms with Crippen LogP contribution in [-0.2, 0) is 4.79 Å². The first-order valence-electron chi connectivity index (χ1n) is 6.34. The Morgan fingerprint density at radius 3 is 2.70 bits per heavy atom. The molecule has 0 saturated heterocycles. The van der Waals surface area contributed by atoms with E-state index in [-0.39, 0.29) is 12.4 Å². The minimum atomic E-state index is -0.449. The summed E-state index contributed by atoms with van der Waals surface area (Å²) in [5.41, 5.74) is 2.77. The molecule has 8 heteroatoms. The Hall–Kier alpha value is -1.57. The largest absolute Gasteiger partial charge is 0.507 e. The van der Waals surface area contributed by atoms with Gasteiger partial charge >= 0.3 is 0 Å². The van der Waals surface area contributed by atoms with Gasteiger partial charge in [-0.25, -0.2) is 5.43 Å². The number of nitrogens with one attached hydrogen (secondary N) is 1. The van der Waals surface area contributed by atoms with E-state index in [1.807, 2.05) is 0 Å². The number of carbonyl (C=O) groups excluding carboxylic acids is 1. The maximum atomic E-state index is 11.7. The maximum absolute atomic E-state index is 11.7. The zero-order chi connectivity index (χ0) is 16.8. The number of phenols is 1. The molecule has 2 rings (SSSR count). The predicted octanol–water partition coefficient (Wildman–Crippen LogP) is 4.10. The van der Waals surface area contributed by atoms with Crippen LogP contribution in [0, 0.1) is 0 Å². The van der Waals surface area contributed by atoms with Gasteiger partial charge in [-0.05, 0) is 36.4 Å². The number of hydrogen-bond acceptors (Lipinski definition) is 4. The van der Waals surface area contributed by atoms with E-state index >= 15 is 0 Å². The fraction of sp³-hybridized carbons (Fsp3) is 0.0667. The number of aromatic hydroxyl groups is 1. The minimum absolute atomic E-state index is 0.0593. The number of amides is 1. The third kappa shape index (κ3) is 5.53. The summed E-state index contributed by atoms with van der Waals surface area (Å²) in [7, 11) is 0. The van der Waals surface area contributed by atoms with Crippen LogP contribution in [0.3, 0.4) is 0 Å². The lowest BCUT2D eigenvalue weighted by Gasteiger charge is -2.07. The summed E-state index contributed by atoms with van der Waals surface area (Å²) >= 11 is 12.5. The summed E-state index contributed by atoms with van der Waals surface area (Å²) in [6.07, 6.45) is 1.34. The van der Waals surface area contributed by atoms with Gasteiger partial charge in [-0.15, -0.1) is 0 Å². The van der Waals surface area contributed by atoms with Crippen LogP contribution >= 0.6 is 43.5 Å². The molecule has 2 aromatic rings. The Balaban J connectivity index is 1.87. The predicted molar refractivity (Wildman–Crippen MR) is 96.2 cm³/mol. The zero-order valence-corrected chi connectivity index (χ0v) is 15.5. The summed E-state index contributed by atoms with van der Waals surface area (Å²) in [5.74, 6) is 0.0115. The molecule has 2 N–H and O–H groups in total. The average molecular weight is 463 g/mol. The van der Waals surface area contributed by atoms with Crippen molar-refractivity contribution >= 4 is 55.6 Å². The molecule has 0 aromatic heterocycles. The quantitative estimate of drug-likeness (QED) is 0.519. The minimum Gasteiger partial charge on any atom is -0.507 e. The topological polar surface area (TPSA) is 70.9 Å². The summed E-state index contributed by atoms with van der Waals surface area (Å²) in [5, 5.41) is 13.8. The Kier molecular flexibility index (Phi) is 6.44. The number of nitrogens with zero attached hydrogens (tertiary/aromatic N) is 1. The SMILES string of the molecule is O=C(COc1ccc(Br)cc1Cl)N/N=C/c1cc(Br)ccc1O. The number of benzene rings is 2. The second kappa shape index (κ2) is 8.33. The standard InChI is InChI=1S/C15H11Br2ClN2O3/c16-10-1-3-13(21)9(5-10)7-19-20-15(22)8-23-14-4-2-11(17)6-12(14)18/h1-7,21H,8H2,(H,20,22)/b19-7+. The summed E-state index contributed by atoms with van der Waals surface area (Å²) in [4.78, 5) is 11.7. The molecule has 0 unspecified atom stereocenters. The molecule has 2 aromatic carbocycles. The lowest BCUT2D eigenvalue weighted by molar-refractivity contribution is -0.123. The van der Waals surface area contributed by atoms with Crippen LogP contribution in [0.5, 0.6) is 11.5 Å². The third-order valence-corrected chi connectivity index (χ3v) is 3.92. The van der Waals surface area contributed by atoms with Crippen molar-refractivity contribution in [3.63, 3.8) is 0 Å². The van der Waals surface area contributed by atoms with Gasteiger partial charge in [-0.3, -0.25) is 4.79 Å². The zero-order valence-electron chi connectivity index (χ0n) is 11.6. The van der Waals surface area contributed by atoms with E-state index in [9.17, 15) is 9.90 Å². The van der Waals surface area contributed by atoms with Gasteiger partial charge in [0, 0.05) is 14.5 Å². The molecule has 0 aliphatic heterocycles. The van der Waals surface area contributed by atoms with Crippen molar-refractivity contribution in [3.05, 3.63) is 55.9 Å². The first-order valence-corrected chi connectivity index (χ1v) is 8.30. The van der Waals surface area contributed by atoms with Crippen molar-refractivity contribution in [2.24, 2.45) is 5.10 Å². The Morgan fingerprint density at radius 1 is 1.26 bits per heavy atom. The molecule has 5 nitrogen and oxygen atoms in total. The first kappa shape index (κ1) is 17.8. The molecular weight excluding hydrogens is 451 g/mol. The van der Waals surface area contributed by atoms with E-state index in [0.29, 0.717) is 16.3 Å². The molecular formula is C15H11Br2ClN2O3. The van der Waals surface area contributed by atoms with Crippen LogP contribution in [-0.4, -0.2) is 23.8 Å². The molecule has 120 valence electrons. The molecule has 0 saturated carbocycles. The molecule has 0 radical (unpaired) electrons. The van der Waals surface area contributed by atoms with Crippen molar-refractivity contribution in [2.75, 3.05) is 6.61 Å². The highest BCUT2D eigenvalue weighted by molar-refractivity contribution is 9.10. The molecule has 0 heterocycles. The van der Waals surface area contributed by atoms with E-state index < -0.39 is 5.91 Å². The van der Waals surface area contributed by atoms with Crippen LogP contribution in [0.15, 0.2) is 50.4 Å². The van der Waals surface area contributed by atoms with Gasteiger partial charge < -0.3 is 9.84 Å². The number of carbonyl (C=O) groups is 1. The highest BCUT2D eigenvalue weighted by Gasteiger charge is 2.06. The van der Waals surface area contributed by atoms with Gasteiger partial charge in [-0.2, -0.15) is 5.10 Å². The monoisotopic (exact) mass is 460 g/mol. The molecule has 1 amide bonds. The van der Waals surface area contributed by atoms with Crippen LogP contribution in [0.2, 0.25) is 5.02 Å². The first-order chi connectivity index (χ1) is 11.0. The van der Waals surface area contributed by atoms with E-state index in [0.717, 1.165) is 8.95 Å². The summed E-state index contributed by atoms with van der Waals surface area (Å²) in [6, 6.07) is 9.97. The molecule has 0 atom stereocenters. The van der Waals surface area contributed by atoms with Gasteiger partial charge in [0.1, 0.15) is 11.5 Å². The van der Waals surface area contributed by atoms with E-state index in [4.69, 9.17) is 16.3 Å². The van der Waals surface area contributed by atoms with Crippen molar-refractivity contribution < 1.29 is 14.6 Å². The number of halogens is 3. The number of ether oxygens (including phenoxy) is 1. The number of phenolic OH excluding ortho intramolecular Hbond substituents is 1. The van der Waals surface area contributed by atoms with Crippen LogP contribution in [0.4, 0.5) is 0 Å². The molecule has 23 heavy (non-hydrogen) atoms. The van der Waals surface area contributed by atoms with Gasteiger partial charge in [0.05, 0.1) is 11.2 Å². The summed E-state index contributed by atoms with van der Waals surface area (Å²) < 4.78 is 6.91. The Labute approximate surface area is 154 Å². The lowest BCUT2D eigenvalue weighted by Crippen LogP contribution is -2.24. The van der Waals surface area contributed by atoms with Crippen LogP contribution in [0.1, 0.15) is 5.56 Å². The van der Waals surface area contributed by atoms with E-state index in [2.05, 4.69) is 42.4 Å². The van der Waals surface area contributed by atoms with E-state index in [1.54, 1.807) is 30.3 Å². The van der Waals surface area contributed by atoms with Gasteiger partial charge in [0.2, 0.25) is 0 Å². The number of hydrogen-bond donors (Lipinski definition) is 2. The van der Waals surface area contributed by atoms with Crippen molar-refractivity contribution in [1.82, 2.24) is 5.43 Å². The fourth-order valence-electron chi connectivity index (χ4n) is 1.57. The van der Waals surface area contributed by atoms with Gasteiger partial charge in [0.25, 0.3) is 5.91 Å². The normalized spacial score (nSPS) is 10.7. The van der Waals surface area contributed by atoms with Crippen LogP contribution < -0.4 is 10.2 Å². The number of hydrazone groups is 1. The second-order valence-corrected chi connectivity index (χ2v) is 6.60.